The maximum atomic E-state index is 12.5. The van der Waals surface area contributed by atoms with Crippen molar-refractivity contribution in [2.45, 2.75) is 16.8 Å². The fraction of sp³-hybridized carbons (Fsp3) is 0.0625. The monoisotopic (exact) mass is 327 g/mol. The van der Waals surface area contributed by atoms with Gasteiger partial charge in [0, 0.05) is 6.20 Å². The van der Waals surface area contributed by atoms with Crippen LogP contribution in [0.2, 0.25) is 0 Å². The summed E-state index contributed by atoms with van der Waals surface area (Å²) in [6.07, 6.45) is 5.60. The number of nitrogens with zero attached hydrogens (tertiary/aromatic N) is 3. The quantitative estimate of drug-likeness (QED) is 0.733. The topological polar surface area (TPSA) is 82.0 Å². The Bertz CT molecular complexity index is 894. The Morgan fingerprint density at radius 1 is 0.957 bits per heavy atom. The summed E-state index contributed by atoms with van der Waals surface area (Å²) in [4.78, 5) is 12.0. The Balaban J connectivity index is 1.85. The smallest absolute Gasteiger partial charge is 0.237 e. The summed E-state index contributed by atoms with van der Waals surface area (Å²) >= 11 is 0. The van der Waals surface area contributed by atoms with Crippen molar-refractivity contribution in [2.75, 3.05) is 0 Å². The molecule has 0 aliphatic carbocycles. The van der Waals surface area contributed by atoms with Gasteiger partial charge in [0.15, 0.2) is 5.03 Å². The number of hydrogen-bond acceptors (Lipinski definition) is 6. The average molecular weight is 327 g/mol. The molecule has 0 fully saturated rings. The second-order valence-corrected chi connectivity index (χ2v) is 6.70. The van der Waals surface area contributed by atoms with Crippen LogP contribution in [0.5, 0.6) is 11.6 Å². The molecule has 1 aromatic carbocycles. The molecule has 0 saturated heterocycles. The SMILES string of the molecule is Cc1ccc(S(=O)(=O)c2cnc(Oc3cccnc3)cn2)cc1. The maximum absolute atomic E-state index is 12.5. The van der Waals surface area contributed by atoms with Gasteiger partial charge in [-0.1, -0.05) is 17.7 Å². The van der Waals surface area contributed by atoms with Gasteiger partial charge in [-0.3, -0.25) is 4.98 Å². The summed E-state index contributed by atoms with van der Waals surface area (Å²) in [5.41, 5.74) is 0.982. The standard InChI is InChI=1S/C16H13N3O3S/c1-12-4-6-14(7-5-12)23(20,21)16-11-18-15(10-19-16)22-13-3-2-8-17-9-13/h2-11H,1H3. The van der Waals surface area contributed by atoms with E-state index in [1.807, 2.05) is 6.92 Å². The van der Waals surface area contributed by atoms with Crippen LogP contribution in [0.1, 0.15) is 5.56 Å². The van der Waals surface area contributed by atoms with Gasteiger partial charge < -0.3 is 4.74 Å². The Hall–Kier alpha value is -2.80. The van der Waals surface area contributed by atoms with Crippen LogP contribution in [0.3, 0.4) is 0 Å². The lowest BCUT2D eigenvalue weighted by atomic mass is 10.2. The zero-order valence-corrected chi connectivity index (χ0v) is 13.1. The van der Waals surface area contributed by atoms with Gasteiger partial charge in [-0.15, -0.1) is 0 Å². The van der Waals surface area contributed by atoms with E-state index in [1.54, 1.807) is 42.6 Å². The maximum Gasteiger partial charge on any atom is 0.237 e. The summed E-state index contributed by atoms with van der Waals surface area (Å²) in [5, 5.41) is -0.125. The Kier molecular flexibility index (Phi) is 4.03. The van der Waals surface area contributed by atoms with Gasteiger partial charge in [-0.05, 0) is 31.2 Å². The van der Waals surface area contributed by atoms with E-state index in [0.29, 0.717) is 5.75 Å². The van der Waals surface area contributed by atoms with Crippen LogP contribution in [0, 0.1) is 6.92 Å². The molecule has 0 amide bonds. The number of pyridine rings is 1. The van der Waals surface area contributed by atoms with Gasteiger partial charge in [-0.25, -0.2) is 18.4 Å². The van der Waals surface area contributed by atoms with E-state index in [4.69, 9.17) is 4.74 Å². The predicted molar refractivity (Wildman–Crippen MR) is 83.0 cm³/mol. The highest BCUT2D eigenvalue weighted by Crippen LogP contribution is 2.21. The highest BCUT2D eigenvalue weighted by atomic mass is 32.2. The third-order valence-electron chi connectivity index (χ3n) is 3.07. The molecule has 2 heterocycles. The number of rotatable bonds is 4. The first-order valence-electron chi connectivity index (χ1n) is 6.77. The van der Waals surface area contributed by atoms with Crippen molar-refractivity contribution >= 4 is 9.84 Å². The molecule has 6 nitrogen and oxygen atoms in total. The first kappa shape index (κ1) is 15.1. The molecule has 0 aliphatic rings. The first-order chi connectivity index (χ1) is 11.1. The number of hydrogen-bond donors (Lipinski definition) is 0. The number of aromatic nitrogens is 3. The molecule has 3 rings (SSSR count). The highest BCUT2D eigenvalue weighted by molar-refractivity contribution is 7.91. The molecule has 0 N–H and O–H groups in total. The van der Waals surface area contributed by atoms with Crippen molar-refractivity contribution in [1.82, 2.24) is 15.0 Å². The molecular formula is C16H13N3O3S. The van der Waals surface area contributed by atoms with Crippen molar-refractivity contribution in [1.29, 1.82) is 0 Å². The van der Waals surface area contributed by atoms with Crippen LogP contribution in [0.25, 0.3) is 0 Å². The van der Waals surface area contributed by atoms with Gasteiger partial charge in [0.25, 0.3) is 0 Å². The Morgan fingerprint density at radius 3 is 2.35 bits per heavy atom. The Morgan fingerprint density at radius 2 is 1.74 bits per heavy atom. The molecule has 0 atom stereocenters. The number of ether oxygens (including phenoxy) is 1. The van der Waals surface area contributed by atoms with Gasteiger partial charge in [0.05, 0.1) is 23.5 Å². The second kappa shape index (κ2) is 6.13. The summed E-state index contributed by atoms with van der Waals surface area (Å²) in [6.45, 7) is 1.89. The van der Waals surface area contributed by atoms with Crippen LogP contribution >= 0.6 is 0 Å². The van der Waals surface area contributed by atoms with E-state index in [1.165, 1.54) is 18.6 Å². The minimum Gasteiger partial charge on any atom is -0.436 e. The zero-order chi connectivity index (χ0) is 16.3. The minimum absolute atomic E-state index is 0.125. The van der Waals surface area contributed by atoms with Crippen LogP contribution in [-0.2, 0) is 9.84 Å². The van der Waals surface area contributed by atoms with Crippen LogP contribution < -0.4 is 4.74 Å². The van der Waals surface area contributed by atoms with Crippen molar-refractivity contribution in [3.63, 3.8) is 0 Å². The molecule has 23 heavy (non-hydrogen) atoms. The molecule has 0 aliphatic heterocycles. The lowest BCUT2D eigenvalue weighted by Crippen LogP contribution is -2.05. The molecule has 0 bridgehead atoms. The van der Waals surface area contributed by atoms with Gasteiger partial charge in [-0.2, -0.15) is 0 Å². The molecule has 116 valence electrons. The fourth-order valence-electron chi connectivity index (χ4n) is 1.86. The lowest BCUT2D eigenvalue weighted by molar-refractivity contribution is 0.456. The fourth-order valence-corrected chi connectivity index (χ4v) is 2.98. The van der Waals surface area contributed by atoms with E-state index < -0.39 is 9.84 Å². The van der Waals surface area contributed by atoms with E-state index in [-0.39, 0.29) is 15.8 Å². The van der Waals surface area contributed by atoms with E-state index in [9.17, 15) is 8.42 Å². The molecule has 0 radical (unpaired) electrons. The summed E-state index contributed by atoms with van der Waals surface area (Å²) < 4.78 is 30.4. The van der Waals surface area contributed by atoms with Gasteiger partial charge >= 0.3 is 0 Å². The molecule has 2 aromatic heterocycles. The largest absolute Gasteiger partial charge is 0.436 e. The van der Waals surface area contributed by atoms with Crippen LogP contribution in [0.15, 0.2) is 71.1 Å². The third-order valence-corrected chi connectivity index (χ3v) is 4.72. The predicted octanol–water partition coefficient (Wildman–Crippen LogP) is 2.81. The molecule has 0 unspecified atom stereocenters. The third kappa shape index (κ3) is 3.35. The number of benzene rings is 1. The molecule has 3 aromatic rings. The molecule has 0 spiro atoms. The highest BCUT2D eigenvalue weighted by Gasteiger charge is 2.19. The minimum atomic E-state index is -3.69. The van der Waals surface area contributed by atoms with Crippen molar-refractivity contribution < 1.29 is 13.2 Å². The normalized spacial score (nSPS) is 11.2. The van der Waals surface area contributed by atoms with E-state index in [0.717, 1.165) is 5.56 Å². The second-order valence-electron chi connectivity index (χ2n) is 4.80. The number of sulfone groups is 1. The van der Waals surface area contributed by atoms with Crippen molar-refractivity contribution in [3.8, 4) is 11.6 Å². The average Bonchev–Trinajstić information content (AvgIpc) is 2.57. The summed E-state index contributed by atoms with van der Waals surface area (Å²) in [6, 6.07) is 10.0. The molecular weight excluding hydrogens is 314 g/mol. The van der Waals surface area contributed by atoms with Crippen LogP contribution in [0.4, 0.5) is 0 Å². The molecule has 0 saturated carbocycles. The van der Waals surface area contributed by atoms with Crippen LogP contribution in [-0.4, -0.2) is 23.4 Å². The first-order valence-corrected chi connectivity index (χ1v) is 8.26. The van der Waals surface area contributed by atoms with Gasteiger partial charge in [0.1, 0.15) is 5.75 Å². The van der Waals surface area contributed by atoms with Crippen molar-refractivity contribution in [3.05, 3.63) is 66.7 Å². The van der Waals surface area contributed by atoms with E-state index in [2.05, 4.69) is 15.0 Å². The zero-order valence-electron chi connectivity index (χ0n) is 12.2. The molecule has 7 heteroatoms. The summed E-state index contributed by atoms with van der Waals surface area (Å²) in [5.74, 6) is 0.691. The van der Waals surface area contributed by atoms with Crippen molar-refractivity contribution in [2.24, 2.45) is 0 Å². The Labute approximate surface area is 133 Å². The lowest BCUT2D eigenvalue weighted by Gasteiger charge is -2.06. The van der Waals surface area contributed by atoms with E-state index >= 15 is 0 Å². The summed E-state index contributed by atoms with van der Waals surface area (Å²) in [7, 11) is -3.69. The number of aryl methyl sites for hydroxylation is 1. The van der Waals surface area contributed by atoms with Gasteiger partial charge in [0.2, 0.25) is 15.7 Å².